The van der Waals surface area contributed by atoms with Crippen LogP contribution in [0.1, 0.15) is 19.8 Å². The summed E-state index contributed by atoms with van der Waals surface area (Å²) < 4.78 is 4.52. The lowest BCUT2D eigenvalue weighted by Crippen LogP contribution is -2.01. The van der Waals surface area contributed by atoms with Crippen molar-refractivity contribution < 1.29 is 14.3 Å². The molecule has 0 aliphatic heterocycles. The quantitative estimate of drug-likeness (QED) is 0.397. The molecule has 0 saturated heterocycles. The van der Waals surface area contributed by atoms with Gasteiger partial charge in [-0.05, 0) is 22.4 Å². The first-order valence-electron chi connectivity index (χ1n) is 2.94. The lowest BCUT2D eigenvalue weighted by Gasteiger charge is -1.97. The Hall–Kier alpha value is -0.380. The maximum absolute atomic E-state index is 10.3. The van der Waals surface area contributed by atoms with Gasteiger partial charge in [0.1, 0.15) is 0 Å². The number of halogens is 1. The van der Waals surface area contributed by atoms with Crippen LogP contribution in [0.5, 0.6) is 0 Å². The molecule has 0 aromatic carbocycles. The van der Waals surface area contributed by atoms with Gasteiger partial charge in [-0.3, -0.25) is 9.59 Å². The van der Waals surface area contributed by atoms with E-state index in [2.05, 4.69) is 20.7 Å². The first kappa shape index (κ1) is 9.62. The molecule has 0 amide bonds. The van der Waals surface area contributed by atoms with Crippen LogP contribution in [0.3, 0.4) is 0 Å². The van der Waals surface area contributed by atoms with Crippen LogP contribution in [0.2, 0.25) is 0 Å². The lowest BCUT2D eigenvalue weighted by molar-refractivity contribution is -0.141. The van der Waals surface area contributed by atoms with Gasteiger partial charge in [0, 0.05) is 13.3 Å². The largest absolute Gasteiger partial charge is 0.466 e. The van der Waals surface area contributed by atoms with Gasteiger partial charge in [-0.15, -0.1) is 0 Å². The highest BCUT2D eigenvalue weighted by Crippen LogP contribution is 1.96. The third kappa shape index (κ3) is 7.62. The summed E-state index contributed by atoms with van der Waals surface area (Å²) in [5, 5.41) is 0. The Balaban J connectivity index is 3.06. The standard InChI is InChI=1S/C6H9BrO3/c1-5(8)10-4-2-3-6(7)9/h2-4H2,1H3. The topological polar surface area (TPSA) is 43.4 Å². The Morgan fingerprint density at radius 2 is 2.10 bits per heavy atom. The average Bonchev–Trinajstić information content (AvgIpc) is 1.79. The van der Waals surface area contributed by atoms with Gasteiger partial charge in [-0.1, -0.05) is 0 Å². The van der Waals surface area contributed by atoms with Crippen molar-refractivity contribution in [2.45, 2.75) is 19.8 Å². The molecule has 0 aliphatic carbocycles. The summed E-state index contributed by atoms with van der Waals surface area (Å²) in [4.78, 5) is 20.4. The normalized spacial score (nSPS) is 9.00. The summed E-state index contributed by atoms with van der Waals surface area (Å²) in [5.74, 6) is -0.304. The fourth-order valence-corrected chi connectivity index (χ4v) is 0.707. The minimum absolute atomic E-state index is 0.0559. The number of carbonyl (C=O) groups is 2. The van der Waals surface area contributed by atoms with Gasteiger partial charge in [-0.2, -0.15) is 0 Å². The number of ether oxygens (including phenoxy) is 1. The molecule has 0 fully saturated rings. The fourth-order valence-electron chi connectivity index (χ4n) is 0.427. The van der Waals surface area contributed by atoms with Gasteiger partial charge < -0.3 is 4.74 Å². The van der Waals surface area contributed by atoms with Gasteiger partial charge in [0.25, 0.3) is 0 Å². The van der Waals surface area contributed by atoms with E-state index in [0.29, 0.717) is 19.4 Å². The van der Waals surface area contributed by atoms with E-state index in [0.717, 1.165) is 0 Å². The van der Waals surface area contributed by atoms with Crippen LogP contribution in [0, 0.1) is 0 Å². The Kier molecular flexibility index (Phi) is 5.20. The van der Waals surface area contributed by atoms with Gasteiger partial charge in [-0.25, -0.2) is 0 Å². The molecule has 0 aromatic rings. The minimum Gasteiger partial charge on any atom is -0.466 e. The third-order valence-electron chi connectivity index (χ3n) is 0.823. The van der Waals surface area contributed by atoms with Crippen LogP contribution < -0.4 is 0 Å². The highest BCUT2D eigenvalue weighted by Gasteiger charge is 1.96. The van der Waals surface area contributed by atoms with Crippen molar-refractivity contribution in [2.75, 3.05) is 6.61 Å². The van der Waals surface area contributed by atoms with Gasteiger partial charge >= 0.3 is 5.97 Å². The second-order valence-corrected chi connectivity index (χ2v) is 2.68. The molecule has 0 aliphatic rings. The van der Waals surface area contributed by atoms with E-state index >= 15 is 0 Å². The lowest BCUT2D eigenvalue weighted by atomic mass is 10.3. The van der Waals surface area contributed by atoms with Crippen molar-refractivity contribution in [3.8, 4) is 0 Å². The molecule has 58 valence electrons. The number of esters is 1. The Morgan fingerprint density at radius 1 is 1.50 bits per heavy atom. The fraction of sp³-hybridized carbons (Fsp3) is 0.667. The van der Waals surface area contributed by atoms with Gasteiger partial charge in [0.05, 0.1) is 6.61 Å². The highest BCUT2D eigenvalue weighted by molar-refractivity contribution is 9.18. The smallest absolute Gasteiger partial charge is 0.302 e. The number of carbonyl (C=O) groups excluding carboxylic acids is 2. The Labute approximate surface area is 67.9 Å². The second kappa shape index (κ2) is 5.41. The molecule has 3 nitrogen and oxygen atoms in total. The third-order valence-corrected chi connectivity index (χ3v) is 1.22. The van der Waals surface area contributed by atoms with E-state index in [1.54, 1.807) is 0 Å². The van der Waals surface area contributed by atoms with Crippen LogP contribution >= 0.6 is 15.9 Å². The summed E-state index contributed by atoms with van der Waals surface area (Å²) in [5.41, 5.74) is 0. The Bertz CT molecular complexity index is 117. The van der Waals surface area contributed by atoms with E-state index in [1.807, 2.05) is 0 Å². The van der Waals surface area contributed by atoms with E-state index < -0.39 is 0 Å². The second-order valence-electron chi connectivity index (χ2n) is 1.80. The van der Waals surface area contributed by atoms with Crippen LogP contribution in [-0.2, 0) is 14.3 Å². The van der Waals surface area contributed by atoms with Crippen molar-refractivity contribution in [2.24, 2.45) is 0 Å². The summed E-state index contributed by atoms with van der Waals surface area (Å²) in [6, 6.07) is 0. The SMILES string of the molecule is CC(=O)OCCCC(=O)Br. The molecular weight excluding hydrogens is 200 g/mol. The van der Waals surface area contributed by atoms with Crippen molar-refractivity contribution in [3.63, 3.8) is 0 Å². The van der Waals surface area contributed by atoms with E-state index in [-0.39, 0.29) is 10.7 Å². The predicted octanol–water partition coefficient (Wildman–Crippen LogP) is 1.25. The van der Waals surface area contributed by atoms with E-state index in [9.17, 15) is 9.59 Å². The molecule has 0 rings (SSSR count). The molecule has 0 saturated carbocycles. The Morgan fingerprint density at radius 3 is 2.50 bits per heavy atom. The molecule has 0 unspecified atom stereocenters. The molecule has 10 heavy (non-hydrogen) atoms. The predicted molar refractivity (Wildman–Crippen MR) is 39.8 cm³/mol. The van der Waals surface area contributed by atoms with Gasteiger partial charge in [0.2, 0.25) is 0 Å². The summed E-state index contributed by atoms with van der Waals surface area (Å²) in [6.45, 7) is 1.67. The molecule has 0 radical (unpaired) electrons. The maximum Gasteiger partial charge on any atom is 0.302 e. The molecule has 0 heterocycles. The summed E-state index contributed by atoms with van der Waals surface area (Å²) in [7, 11) is 0. The van der Waals surface area contributed by atoms with Crippen molar-refractivity contribution in [1.29, 1.82) is 0 Å². The first-order valence-corrected chi connectivity index (χ1v) is 3.74. The number of rotatable bonds is 4. The monoisotopic (exact) mass is 208 g/mol. The zero-order valence-corrected chi connectivity index (χ0v) is 7.31. The first-order chi connectivity index (χ1) is 4.63. The average molecular weight is 209 g/mol. The zero-order chi connectivity index (χ0) is 7.98. The molecule has 4 heteroatoms. The maximum atomic E-state index is 10.3. The molecule has 0 aromatic heterocycles. The zero-order valence-electron chi connectivity index (χ0n) is 5.72. The number of hydrogen-bond acceptors (Lipinski definition) is 3. The van der Waals surface area contributed by atoms with Crippen molar-refractivity contribution >= 4 is 26.6 Å². The number of hydrogen-bond donors (Lipinski definition) is 0. The molecule has 0 N–H and O–H groups in total. The van der Waals surface area contributed by atoms with Crippen molar-refractivity contribution in [1.82, 2.24) is 0 Å². The highest BCUT2D eigenvalue weighted by atomic mass is 79.9. The summed E-state index contributed by atoms with van der Waals surface area (Å²) >= 11 is 2.76. The van der Waals surface area contributed by atoms with Crippen LogP contribution in [-0.4, -0.2) is 17.3 Å². The van der Waals surface area contributed by atoms with Crippen molar-refractivity contribution in [3.05, 3.63) is 0 Å². The molecule has 0 bridgehead atoms. The van der Waals surface area contributed by atoms with E-state index in [1.165, 1.54) is 6.92 Å². The van der Waals surface area contributed by atoms with Crippen LogP contribution in [0.25, 0.3) is 0 Å². The minimum atomic E-state index is -0.304. The van der Waals surface area contributed by atoms with Gasteiger partial charge in [0.15, 0.2) is 4.69 Å². The summed E-state index contributed by atoms with van der Waals surface area (Å²) in [6.07, 6.45) is 0.997. The molecule has 0 atom stereocenters. The molecular formula is C6H9BrO3. The van der Waals surface area contributed by atoms with E-state index in [4.69, 9.17) is 0 Å². The van der Waals surface area contributed by atoms with Crippen LogP contribution in [0.4, 0.5) is 0 Å². The van der Waals surface area contributed by atoms with Crippen LogP contribution in [0.15, 0.2) is 0 Å². The molecule has 0 spiro atoms.